The van der Waals surface area contributed by atoms with Crippen molar-refractivity contribution in [2.75, 3.05) is 19.8 Å². The molecule has 0 radical (unpaired) electrons. The molecule has 5 nitrogen and oxygen atoms in total. The molecule has 0 heterocycles. The van der Waals surface area contributed by atoms with Crippen molar-refractivity contribution in [1.29, 1.82) is 0 Å². The molecule has 0 aromatic carbocycles. The minimum Gasteiger partial charge on any atom is -0.462 e. The summed E-state index contributed by atoms with van der Waals surface area (Å²) in [7, 11) is 0. The molecule has 0 aliphatic rings. The van der Waals surface area contributed by atoms with Crippen LogP contribution in [0.1, 0.15) is 278 Å². The third-order valence-corrected chi connectivity index (χ3v) is 12.8. The maximum atomic E-state index is 12.9. The molecule has 72 heavy (non-hydrogen) atoms. The van der Waals surface area contributed by atoms with Gasteiger partial charge in [0.25, 0.3) is 0 Å². The molecule has 0 bridgehead atoms. The van der Waals surface area contributed by atoms with E-state index in [4.69, 9.17) is 14.2 Å². The summed E-state index contributed by atoms with van der Waals surface area (Å²) >= 11 is 0. The Morgan fingerprint density at radius 1 is 0.319 bits per heavy atom. The van der Waals surface area contributed by atoms with Crippen molar-refractivity contribution in [2.24, 2.45) is 0 Å². The van der Waals surface area contributed by atoms with Gasteiger partial charge in [-0.15, -0.1) is 0 Å². The molecule has 0 rings (SSSR count). The summed E-state index contributed by atoms with van der Waals surface area (Å²) in [4.78, 5) is 25.6. The van der Waals surface area contributed by atoms with Gasteiger partial charge in [-0.3, -0.25) is 9.59 Å². The minimum atomic E-state index is -0.560. The van der Waals surface area contributed by atoms with E-state index >= 15 is 0 Å². The molecule has 0 aromatic rings. The van der Waals surface area contributed by atoms with Gasteiger partial charge in [-0.05, 0) is 128 Å². The van der Waals surface area contributed by atoms with Crippen LogP contribution in [0.5, 0.6) is 0 Å². The first-order chi connectivity index (χ1) is 35.6. The summed E-state index contributed by atoms with van der Waals surface area (Å²) in [6.45, 7) is 7.63. The van der Waals surface area contributed by atoms with Crippen molar-refractivity contribution in [2.45, 2.75) is 284 Å². The average Bonchev–Trinajstić information content (AvgIpc) is 3.38. The second-order valence-corrected chi connectivity index (χ2v) is 19.9. The van der Waals surface area contributed by atoms with Gasteiger partial charge >= 0.3 is 11.9 Å². The van der Waals surface area contributed by atoms with E-state index in [0.717, 1.165) is 103 Å². The van der Waals surface area contributed by atoms with Crippen molar-refractivity contribution >= 4 is 11.9 Å². The lowest BCUT2D eigenvalue weighted by molar-refractivity contribution is -0.163. The van der Waals surface area contributed by atoms with Gasteiger partial charge in [-0.1, -0.05) is 246 Å². The predicted octanol–water partition coefficient (Wildman–Crippen LogP) is 21.1. The third-order valence-electron chi connectivity index (χ3n) is 12.8. The smallest absolute Gasteiger partial charge is 0.306 e. The molecule has 0 aliphatic carbocycles. The molecule has 0 saturated carbocycles. The SMILES string of the molecule is CC/C=C\C/C=C\C/C=C\C/C=C\CCCCCCCCC(=O)OCC(COCCCCCCCCC/C=C\C/C=C\C/C=C\CCCCC)OC(=O)CCCCCCCCC/C=C\C/C=C\CCCCC. The van der Waals surface area contributed by atoms with Crippen molar-refractivity contribution < 1.29 is 23.8 Å². The largest absolute Gasteiger partial charge is 0.462 e. The van der Waals surface area contributed by atoms with E-state index in [1.807, 2.05) is 0 Å². The van der Waals surface area contributed by atoms with E-state index in [0.29, 0.717) is 19.4 Å². The molecule has 0 N–H and O–H groups in total. The van der Waals surface area contributed by atoms with Crippen LogP contribution in [0.4, 0.5) is 0 Å². The monoisotopic (exact) mass is 999 g/mol. The number of esters is 2. The lowest BCUT2D eigenvalue weighted by Gasteiger charge is -2.18. The highest BCUT2D eigenvalue weighted by Crippen LogP contribution is 2.14. The summed E-state index contributed by atoms with van der Waals surface area (Å²) in [5.41, 5.74) is 0. The van der Waals surface area contributed by atoms with E-state index in [-0.39, 0.29) is 25.2 Å². The normalized spacial score (nSPS) is 13.0. The van der Waals surface area contributed by atoms with Crippen LogP contribution >= 0.6 is 0 Å². The van der Waals surface area contributed by atoms with Crippen LogP contribution in [0.3, 0.4) is 0 Å². The second kappa shape index (κ2) is 61.9. The van der Waals surface area contributed by atoms with Crippen LogP contribution < -0.4 is 0 Å². The highest BCUT2D eigenvalue weighted by atomic mass is 16.6. The lowest BCUT2D eigenvalue weighted by atomic mass is 10.1. The van der Waals surface area contributed by atoms with Gasteiger partial charge < -0.3 is 14.2 Å². The summed E-state index contributed by atoms with van der Waals surface area (Å²) in [6, 6.07) is 0. The number of unbranched alkanes of at least 4 members (excludes halogenated alkanes) is 26. The van der Waals surface area contributed by atoms with Gasteiger partial charge in [0.05, 0.1) is 6.61 Å². The first-order valence-corrected chi connectivity index (χ1v) is 30.4. The van der Waals surface area contributed by atoms with Crippen molar-refractivity contribution in [1.82, 2.24) is 0 Å². The number of carbonyl (C=O) groups is 2. The average molecular weight is 1000 g/mol. The Hall–Kier alpha value is -3.44. The number of ether oxygens (including phenoxy) is 3. The fourth-order valence-corrected chi connectivity index (χ4v) is 8.24. The van der Waals surface area contributed by atoms with Gasteiger partial charge in [0.15, 0.2) is 6.10 Å². The zero-order valence-corrected chi connectivity index (χ0v) is 47.4. The third kappa shape index (κ3) is 59.1. The molecular weight excluding hydrogens is 885 g/mol. The molecule has 0 aromatic heterocycles. The molecule has 0 fully saturated rings. The Balaban J connectivity index is 4.36. The zero-order valence-electron chi connectivity index (χ0n) is 47.4. The summed E-state index contributed by atoms with van der Waals surface area (Å²) in [6.07, 6.45) is 85.4. The summed E-state index contributed by atoms with van der Waals surface area (Å²) < 4.78 is 17.5. The second-order valence-electron chi connectivity index (χ2n) is 19.9. The standard InChI is InChI=1S/C67H114O5/c1-4-7-10-13-16-19-22-25-28-31-33-35-38-41-44-47-50-53-56-59-62-70-63-65(72-67(69)61-58-55-52-49-46-43-40-36-30-27-24-21-18-15-12-9-6-3)64-71-66(68)60-57-54-51-48-45-42-39-37-34-32-29-26-23-20-17-14-11-8-5-2/h8,11,16-21,25-30,33-35,37,65H,4-7,9-10,12-15,22-24,31-32,36,38-64H2,1-3H3/b11-8-,19-16-,20-17-,21-18-,28-25-,29-26-,30-27-,35-33-,37-34-. The van der Waals surface area contributed by atoms with Gasteiger partial charge in [0.1, 0.15) is 6.61 Å². The fraction of sp³-hybridized carbons (Fsp3) is 0.701. The Morgan fingerprint density at radius 2 is 0.625 bits per heavy atom. The summed E-state index contributed by atoms with van der Waals surface area (Å²) in [5, 5.41) is 0. The molecular formula is C67H114O5. The Kier molecular flexibility index (Phi) is 58.9. The van der Waals surface area contributed by atoms with Crippen LogP contribution in [0.15, 0.2) is 109 Å². The molecule has 0 amide bonds. The molecule has 0 saturated heterocycles. The van der Waals surface area contributed by atoms with Crippen LogP contribution in [-0.4, -0.2) is 37.9 Å². The van der Waals surface area contributed by atoms with Crippen molar-refractivity contribution in [3.63, 3.8) is 0 Å². The van der Waals surface area contributed by atoms with Gasteiger partial charge in [0, 0.05) is 19.4 Å². The number of hydrogen-bond acceptors (Lipinski definition) is 5. The fourth-order valence-electron chi connectivity index (χ4n) is 8.24. The number of allylic oxidation sites excluding steroid dienone is 18. The number of rotatable bonds is 55. The van der Waals surface area contributed by atoms with Crippen LogP contribution in [0.25, 0.3) is 0 Å². The minimum absolute atomic E-state index is 0.0650. The van der Waals surface area contributed by atoms with E-state index in [1.54, 1.807) is 0 Å². The topological polar surface area (TPSA) is 61.8 Å². The molecule has 5 heteroatoms. The maximum absolute atomic E-state index is 12.9. The van der Waals surface area contributed by atoms with Crippen LogP contribution in [0, 0.1) is 0 Å². The molecule has 1 unspecified atom stereocenters. The van der Waals surface area contributed by atoms with E-state index in [1.165, 1.54) is 141 Å². The van der Waals surface area contributed by atoms with Crippen LogP contribution in [0.2, 0.25) is 0 Å². The molecule has 0 aliphatic heterocycles. The molecule has 0 spiro atoms. The Bertz CT molecular complexity index is 1410. The first kappa shape index (κ1) is 68.6. The molecule has 412 valence electrons. The predicted molar refractivity (Wildman–Crippen MR) is 316 cm³/mol. The van der Waals surface area contributed by atoms with E-state index in [2.05, 4.69) is 130 Å². The van der Waals surface area contributed by atoms with Crippen LogP contribution in [-0.2, 0) is 23.8 Å². The van der Waals surface area contributed by atoms with Gasteiger partial charge in [0.2, 0.25) is 0 Å². The Morgan fingerprint density at radius 3 is 1.00 bits per heavy atom. The van der Waals surface area contributed by atoms with Crippen molar-refractivity contribution in [3.8, 4) is 0 Å². The van der Waals surface area contributed by atoms with E-state index in [9.17, 15) is 9.59 Å². The molecule has 1 atom stereocenters. The van der Waals surface area contributed by atoms with Crippen molar-refractivity contribution in [3.05, 3.63) is 109 Å². The number of carbonyl (C=O) groups excluding carboxylic acids is 2. The summed E-state index contributed by atoms with van der Waals surface area (Å²) in [5.74, 6) is -0.426. The first-order valence-electron chi connectivity index (χ1n) is 30.4. The maximum Gasteiger partial charge on any atom is 0.306 e. The van der Waals surface area contributed by atoms with E-state index < -0.39 is 6.10 Å². The highest BCUT2D eigenvalue weighted by Gasteiger charge is 2.17. The quantitative estimate of drug-likeness (QED) is 0.0345. The highest BCUT2D eigenvalue weighted by molar-refractivity contribution is 5.70. The zero-order chi connectivity index (χ0) is 52.0. The van der Waals surface area contributed by atoms with Gasteiger partial charge in [-0.2, -0.15) is 0 Å². The Labute approximate surface area is 446 Å². The lowest BCUT2D eigenvalue weighted by Crippen LogP contribution is -2.30. The van der Waals surface area contributed by atoms with Gasteiger partial charge in [-0.25, -0.2) is 0 Å². The number of hydrogen-bond donors (Lipinski definition) is 0.